The van der Waals surface area contributed by atoms with E-state index in [1.165, 1.54) is 24.1 Å². The van der Waals surface area contributed by atoms with Gasteiger partial charge in [-0.3, -0.25) is 0 Å². The van der Waals surface area contributed by atoms with E-state index in [4.69, 9.17) is 4.74 Å². The summed E-state index contributed by atoms with van der Waals surface area (Å²) in [6.07, 6.45) is 2.47. The minimum Gasteiger partial charge on any atom is -0.494 e. The van der Waals surface area contributed by atoms with Crippen molar-refractivity contribution in [1.82, 2.24) is 0 Å². The Kier molecular flexibility index (Phi) is 5.88. The van der Waals surface area contributed by atoms with Crippen molar-refractivity contribution in [2.24, 2.45) is 5.92 Å². The topological polar surface area (TPSA) is 21.3 Å². The Morgan fingerprint density at radius 1 is 1.18 bits per heavy atom. The van der Waals surface area contributed by atoms with E-state index in [9.17, 15) is 0 Å². The molecule has 0 aliphatic carbocycles. The maximum Gasteiger partial charge on any atom is 0.119 e. The number of anilines is 1. The van der Waals surface area contributed by atoms with Crippen molar-refractivity contribution in [2.45, 2.75) is 40.5 Å². The van der Waals surface area contributed by atoms with Gasteiger partial charge in [0.1, 0.15) is 5.75 Å². The number of ether oxygens (including phenoxy) is 1. The van der Waals surface area contributed by atoms with Gasteiger partial charge in [0.2, 0.25) is 0 Å². The largest absolute Gasteiger partial charge is 0.494 e. The van der Waals surface area contributed by atoms with Crippen LogP contribution in [0.5, 0.6) is 5.75 Å². The minimum atomic E-state index is 0.722. The molecule has 0 fully saturated rings. The molecule has 1 aromatic rings. The number of aryl methyl sites for hydroxylation is 1. The Bertz CT molecular complexity index is 332. The summed E-state index contributed by atoms with van der Waals surface area (Å²) in [5.41, 5.74) is 2.47. The van der Waals surface area contributed by atoms with Gasteiger partial charge in [0.15, 0.2) is 0 Å². The van der Waals surface area contributed by atoms with Gasteiger partial charge in [-0.15, -0.1) is 0 Å². The van der Waals surface area contributed by atoms with E-state index in [0.29, 0.717) is 0 Å². The number of hydrogen-bond acceptors (Lipinski definition) is 2. The highest BCUT2D eigenvalue weighted by Crippen LogP contribution is 2.22. The van der Waals surface area contributed by atoms with Crippen LogP contribution in [0, 0.1) is 12.8 Å². The highest BCUT2D eigenvalue weighted by atomic mass is 16.5. The summed E-state index contributed by atoms with van der Waals surface area (Å²) in [6, 6.07) is 6.24. The zero-order chi connectivity index (χ0) is 12.7. The van der Waals surface area contributed by atoms with Gasteiger partial charge in [-0.2, -0.15) is 0 Å². The highest BCUT2D eigenvalue weighted by Gasteiger charge is 2.05. The monoisotopic (exact) mass is 235 g/mol. The second-order valence-electron chi connectivity index (χ2n) is 4.47. The molecule has 0 bridgehead atoms. The van der Waals surface area contributed by atoms with Gasteiger partial charge in [-0.25, -0.2) is 0 Å². The van der Waals surface area contributed by atoms with Gasteiger partial charge >= 0.3 is 0 Å². The summed E-state index contributed by atoms with van der Waals surface area (Å²) in [5, 5.41) is 3.53. The van der Waals surface area contributed by atoms with Gasteiger partial charge in [0.05, 0.1) is 6.61 Å². The van der Waals surface area contributed by atoms with Crippen molar-refractivity contribution in [3.05, 3.63) is 23.8 Å². The van der Waals surface area contributed by atoms with Gasteiger partial charge in [0.25, 0.3) is 0 Å². The summed E-state index contributed by atoms with van der Waals surface area (Å²) in [6.45, 7) is 10.4. The van der Waals surface area contributed by atoms with E-state index in [2.05, 4.69) is 38.2 Å². The van der Waals surface area contributed by atoms with Crippen LogP contribution in [-0.2, 0) is 0 Å². The first-order chi connectivity index (χ1) is 8.21. The normalized spacial score (nSPS) is 10.6. The predicted molar refractivity (Wildman–Crippen MR) is 74.9 cm³/mol. The molecule has 0 saturated carbocycles. The van der Waals surface area contributed by atoms with E-state index in [0.717, 1.165) is 24.8 Å². The minimum absolute atomic E-state index is 0.722. The third-order valence-electron chi connectivity index (χ3n) is 3.24. The molecule has 0 atom stereocenters. The lowest BCUT2D eigenvalue weighted by Crippen LogP contribution is -2.13. The number of hydrogen-bond donors (Lipinski definition) is 1. The van der Waals surface area contributed by atoms with Gasteiger partial charge in [-0.1, -0.05) is 26.7 Å². The van der Waals surface area contributed by atoms with Crippen LogP contribution in [0.2, 0.25) is 0 Å². The Balaban J connectivity index is 2.59. The molecule has 0 spiro atoms. The molecule has 2 nitrogen and oxygen atoms in total. The lowest BCUT2D eigenvalue weighted by molar-refractivity contribution is 0.340. The molecule has 0 saturated heterocycles. The fourth-order valence-electron chi connectivity index (χ4n) is 1.92. The van der Waals surface area contributed by atoms with E-state index in [1.807, 2.05) is 13.0 Å². The SMILES string of the molecule is CCOc1ccc(NCC(CC)CC)c(C)c1. The van der Waals surface area contributed by atoms with Crippen molar-refractivity contribution in [3.63, 3.8) is 0 Å². The third-order valence-corrected chi connectivity index (χ3v) is 3.24. The van der Waals surface area contributed by atoms with Gasteiger partial charge in [-0.05, 0) is 43.5 Å². The Morgan fingerprint density at radius 3 is 2.41 bits per heavy atom. The number of benzene rings is 1. The zero-order valence-corrected chi connectivity index (χ0v) is 11.5. The van der Waals surface area contributed by atoms with Crippen molar-refractivity contribution in [2.75, 3.05) is 18.5 Å². The fourth-order valence-corrected chi connectivity index (χ4v) is 1.92. The molecule has 0 aromatic heterocycles. The van der Waals surface area contributed by atoms with Crippen LogP contribution in [0.3, 0.4) is 0 Å². The van der Waals surface area contributed by atoms with E-state index in [-0.39, 0.29) is 0 Å². The van der Waals surface area contributed by atoms with E-state index < -0.39 is 0 Å². The average molecular weight is 235 g/mol. The Hall–Kier alpha value is -1.18. The molecular formula is C15H25NO. The van der Waals surface area contributed by atoms with Crippen LogP contribution >= 0.6 is 0 Å². The lowest BCUT2D eigenvalue weighted by Gasteiger charge is -2.16. The summed E-state index contributed by atoms with van der Waals surface area (Å²) < 4.78 is 5.48. The van der Waals surface area contributed by atoms with Crippen molar-refractivity contribution in [1.29, 1.82) is 0 Å². The molecule has 0 aliphatic rings. The lowest BCUT2D eigenvalue weighted by atomic mass is 10.0. The summed E-state index contributed by atoms with van der Waals surface area (Å²) in [4.78, 5) is 0. The van der Waals surface area contributed by atoms with Crippen LogP contribution in [0.25, 0.3) is 0 Å². The van der Waals surface area contributed by atoms with Gasteiger partial charge < -0.3 is 10.1 Å². The van der Waals surface area contributed by atoms with E-state index in [1.54, 1.807) is 0 Å². The first-order valence-electron chi connectivity index (χ1n) is 6.68. The van der Waals surface area contributed by atoms with Crippen LogP contribution in [0.1, 0.15) is 39.2 Å². The summed E-state index contributed by atoms with van der Waals surface area (Å²) in [7, 11) is 0. The molecule has 0 heterocycles. The zero-order valence-electron chi connectivity index (χ0n) is 11.5. The van der Waals surface area contributed by atoms with Crippen molar-refractivity contribution >= 4 is 5.69 Å². The van der Waals surface area contributed by atoms with Crippen LogP contribution in [0.4, 0.5) is 5.69 Å². The fraction of sp³-hybridized carbons (Fsp3) is 0.600. The number of rotatable bonds is 7. The smallest absolute Gasteiger partial charge is 0.119 e. The molecule has 0 radical (unpaired) electrons. The summed E-state index contributed by atoms with van der Waals surface area (Å²) >= 11 is 0. The summed E-state index contributed by atoms with van der Waals surface area (Å²) in [5.74, 6) is 1.72. The standard InChI is InChI=1S/C15H25NO/c1-5-13(6-2)11-16-15-9-8-14(17-7-3)10-12(15)4/h8-10,13,16H,5-7,11H2,1-4H3. The molecule has 1 aromatic carbocycles. The molecule has 2 heteroatoms. The molecule has 1 rings (SSSR count). The molecule has 0 aliphatic heterocycles. The molecule has 0 amide bonds. The van der Waals surface area contributed by atoms with Crippen LogP contribution < -0.4 is 10.1 Å². The molecule has 1 N–H and O–H groups in total. The molecule has 17 heavy (non-hydrogen) atoms. The quantitative estimate of drug-likeness (QED) is 0.763. The Labute approximate surface area is 105 Å². The van der Waals surface area contributed by atoms with Crippen LogP contribution in [0.15, 0.2) is 18.2 Å². The third kappa shape index (κ3) is 4.29. The van der Waals surface area contributed by atoms with Crippen molar-refractivity contribution in [3.8, 4) is 5.75 Å². The number of nitrogens with one attached hydrogen (secondary N) is 1. The maximum absolute atomic E-state index is 5.48. The average Bonchev–Trinajstić information content (AvgIpc) is 2.33. The van der Waals surface area contributed by atoms with Crippen LogP contribution in [-0.4, -0.2) is 13.2 Å². The maximum atomic E-state index is 5.48. The predicted octanol–water partition coefficient (Wildman–Crippen LogP) is 4.24. The molecule has 96 valence electrons. The second kappa shape index (κ2) is 7.21. The molecule has 0 unspecified atom stereocenters. The Morgan fingerprint density at radius 2 is 1.88 bits per heavy atom. The first-order valence-corrected chi connectivity index (χ1v) is 6.68. The van der Waals surface area contributed by atoms with Gasteiger partial charge in [0, 0.05) is 12.2 Å². The first kappa shape index (κ1) is 13.9. The van der Waals surface area contributed by atoms with Crippen molar-refractivity contribution < 1.29 is 4.74 Å². The molecular weight excluding hydrogens is 210 g/mol. The van der Waals surface area contributed by atoms with E-state index >= 15 is 0 Å². The second-order valence-corrected chi connectivity index (χ2v) is 4.47. The highest BCUT2D eigenvalue weighted by molar-refractivity contribution is 5.53.